The van der Waals surface area contributed by atoms with Gasteiger partial charge in [0.2, 0.25) is 11.7 Å². The van der Waals surface area contributed by atoms with E-state index in [2.05, 4.69) is 10.3 Å². The van der Waals surface area contributed by atoms with Crippen molar-refractivity contribution in [3.63, 3.8) is 0 Å². The molecule has 0 saturated heterocycles. The smallest absolute Gasteiger partial charge is 0.316 e. The number of hydrogen-bond acceptors (Lipinski definition) is 5. The van der Waals surface area contributed by atoms with Crippen molar-refractivity contribution in [2.45, 2.75) is 31.8 Å². The predicted octanol–water partition coefficient (Wildman–Crippen LogP) is 2.53. The highest BCUT2D eigenvalue weighted by molar-refractivity contribution is 5.69. The summed E-state index contributed by atoms with van der Waals surface area (Å²) >= 11 is 0. The zero-order valence-electron chi connectivity index (χ0n) is 14.2. The molecule has 3 atom stereocenters. The zero-order chi connectivity index (χ0) is 17.4. The third-order valence-electron chi connectivity index (χ3n) is 5.81. The lowest BCUT2D eigenvalue weighted by atomic mass is 9.45. The molecule has 0 spiro atoms. The van der Waals surface area contributed by atoms with Crippen molar-refractivity contribution in [1.82, 2.24) is 9.55 Å². The minimum atomic E-state index is -0.373. The Bertz CT molecular complexity index is 848. The number of fused-ring (bicyclic) bond motifs is 1. The van der Waals surface area contributed by atoms with Crippen LogP contribution in [0.5, 0.6) is 5.75 Å². The van der Waals surface area contributed by atoms with Crippen molar-refractivity contribution in [2.75, 3.05) is 12.4 Å². The molecule has 2 fully saturated rings. The van der Waals surface area contributed by atoms with E-state index in [-0.39, 0.29) is 22.8 Å². The first-order chi connectivity index (χ1) is 12.2. The van der Waals surface area contributed by atoms with E-state index in [9.17, 15) is 4.79 Å². The first-order valence-electron chi connectivity index (χ1n) is 8.64. The molecule has 6 nitrogen and oxygen atoms in total. The van der Waals surface area contributed by atoms with Crippen molar-refractivity contribution >= 4 is 12.2 Å². The van der Waals surface area contributed by atoms with Gasteiger partial charge in [-0.2, -0.15) is 4.98 Å². The van der Waals surface area contributed by atoms with Gasteiger partial charge in [-0.15, -0.1) is 0 Å². The monoisotopic (exact) mass is 338 g/mol. The van der Waals surface area contributed by atoms with Crippen LogP contribution < -0.4 is 15.6 Å². The molecular weight excluding hydrogens is 316 g/mol. The van der Waals surface area contributed by atoms with E-state index < -0.39 is 0 Å². The standard InChI is InChI=1S/C19H22N4O2/c1-25-15-11-23(10-13-5-3-2-4-6-13)18(22-17(15)24)21-16-9-14-7-8-19(14,16)12-20/h2-6,11-12,14,16,20H,7-10H2,1H3,(H,21,22,24). The van der Waals surface area contributed by atoms with E-state index in [1.807, 2.05) is 34.9 Å². The van der Waals surface area contributed by atoms with Crippen LogP contribution >= 0.6 is 0 Å². The van der Waals surface area contributed by atoms with E-state index in [0.717, 1.165) is 18.4 Å². The van der Waals surface area contributed by atoms with Crippen LogP contribution in [0.4, 0.5) is 5.95 Å². The minimum Gasteiger partial charge on any atom is -0.490 e. The minimum absolute atomic E-state index is 0.0464. The summed E-state index contributed by atoms with van der Waals surface area (Å²) in [5, 5.41) is 11.2. The van der Waals surface area contributed by atoms with Crippen LogP contribution in [-0.2, 0) is 6.54 Å². The average molecular weight is 338 g/mol. The number of benzene rings is 1. The number of rotatable bonds is 6. The van der Waals surface area contributed by atoms with Gasteiger partial charge in [0.15, 0.2) is 0 Å². The van der Waals surface area contributed by atoms with Crippen molar-refractivity contribution in [1.29, 1.82) is 5.41 Å². The van der Waals surface area contributed by atoms with Crippen LogP contribution in [0.3, 0.4) is 0 Å². The molecule has 4 rings (SSSR count). The fourth-order valence-electron chi connectivity index (χ4n) is 4.09. The lowest BCUT2D eigenvalue weighted by molar-refractivity contribution is -0.0199. The molecule has 1 heterocycles. The molecule has 2 aliphatic rings. The van der Waals surface area contributed by atoms with Gasteiger partial charge in [-0.05, 0) is 30.7 Å². The molecule has 130 valence electrons. The fraction of sp³-hybridized carbons (Fsp3) is 0.421. The summed E-state index contributed by atoms with van der Waals surface area (Å²) in [6, 6.07) is 10.2. The lowest BCUT2D eigenvalue weighted by Crippen LogP contribution is -2.64. The summed E-state index contributed by atoms with van der Waals surface area (Å²) in [5.74, 6) is 1.39. The van der Waals surface area contributed by atoms with Gasteiger partial charge >= 0.3 is 5.56 Å². The molecule has 3 unspecified atom stereocenters. The molecule has 6 heteroatoms. The third kappa shape index (κ3) is 2.52. The maximum absolute atomic E-state index is 12.1. The van der Waals surface area contributed by atoms with Gasteiger partial charge in [0.05, 0.1) is 19.9 Å². The SMILES string of the molecule is COc1cn(Cc2ccccc2)c(NC2CC3CCC32C=N)nc1=O. The quantitative estimate of drug-likeness (QED) is 0.793. The molecule has 2 saturated carbocycles. The number of nitrogens with one attached hydrogen (secondary N) is 2. The number of hydrogen-bond donors (Lipinski definition) is 2. The number of aromatic nitrogens is 2. The largest absolute Gasteiger partial charge is 0.490 e. The highest BCUT2D eigenvalue weighted by atomic mass is 16.5. The van der Waals surface area contributed by atoms with Crippen LogP contribution in [0.2, 0.25) is 0 Å². The molecule has 0 amide bonds. The van der Waals surface area contributed by atoms with E-state index >= 15 is 0 Å². The second-order valence-corrected chi connectivity index (χ2v) is 6.98. The van der Waals surface area contributed by atoms with Gasteiger partial charge in [-0.25, -0.2) is 0 Å². The Kier molecular flexibility index (Phi) is 3.82. The van der Waals surface area contributed by atoms with Gasteiger partial charge in [0.1, 0.15) is 0 Å². The first kappa shape index (κ1) is 15.9. The fourth-order valence-corrected chi connectivity index (χ4v) is 4.09. The van der Waals surface area contributed by atoms with E-state index in [4.69, 9.17) is 10.1 Å². The average Bonchev–Trinajstić information content (AvgIpc) is 2.62. The van der Waals surface area contributed by atoms with Crippen molar-refractivity contribution in [3.05, 3.63) is 52.4 Å². The van der Waals surface area contributed by atoms with Gasteiger partial charge in [0, 0.05) is 17.7 Å². The number of methoxy groups -OCH3 is 1. The summed E-state index contributed by atoms with van der Waals surface area (Å²) in [5.41, 5.74) is 0.701. The van der Waals surface area contributed by atoms with Gasteiger partial charge in [-0.1, -0.05) is 30.3 Å². The summed E-state index contributed by atoms with van der Waals surface area (Å²) in [4.78, 5) is 16.3. The molecule has 0 bridgehead atoms. The van der Waals surface area contributed by atoms with Gasteiger partial charge in [0.25, 0.3) is 0 Å². The predicted molar refractivity (Wildman–Crippen MR) is 96.6 cm³/mol. The van der Waals surface area contributed by atoms with Gasteiger partial charge in [-0.3, -0.25) is 4.79 Å². The molecule has 2 aromatic rings. The van der Waals surface area contributed by atoms with Crippen molar-refractivity contribution in [3.8, 4) is 5.75 Å². The highest BCUT2D eigenvalue weighted by Crippen LogP contribution is 2.60. The first-order valence-corrected chi connectivity index (χ1v) is 8.64. The normalized spacial score (nSPS) is 26.8. The summed E-state index contributed by atoms with van der Waals surface area (Å²) < 4.78 is 7.07. The van der Waals surface area contributed by atoms with Crippen molar-refractivity contribution in [2.24, 2.45) is 11.3 Å². The second-order valence-electron chi connectivity index (χ2n) is 6.98. The maximum atomic E-state index is 12.1. The van der Waals surface area contributed by atoms with E-state index in [1.165, 1.54) is 13.5 Å². The van der Waals surface area contributed by atoms with E-state index in [1.54, 1.807) is 12.4 Å². The Morgan fingerprint density at radius 2 is 2.24 bits per heavy atom. The van der Waals surface area contributed by atoms with Crippen LogP contribution in [0.25, 0.3) is 0 Å². The summed E-state index contributed by atoms with van der Waals surface area (Å²) in [7, 11) is 1.48. The van der Waals surface area contributed by atoms with E-state index in [0.29, 0.717) is 18.4 Å². The van der Waals surface area contributed by atoms with Gasteiger partial charge < -0.3 is 20.0 Å². The van der Waals surface area contributed by atoms with Crippen LogP contribution in [0.15, 0.2) is 41.3 Å². The molecule has 1 aromatic heterocycles. The maximum Gasteiger partial charge on any atom is 0.316 e. The Morgan fingerprint density at radius 1 is 1.44 bits per heavy atom. The summed E-state index contributed by atoms with van der Waals surface area (Å²) in [6.07, 6.45) is 6.56. The molecule has 0 radical (unpaired) electrons. The molecular formula is C19H22N4O2. The number of anilines is 1. The molecule has 2 aliphatic carbocycles. The van der Waals surface area contributed by atoms with Crippen LogP contribution in [-0.4, -0.2) is 28.9 Å². The summed E-state index contributed by atoms with van der Waals surface area (Å²) in [6.45, 7) is 0.598. The van der Waals surface area contributed by atoms with Crippen LogP contribution in [0.1, 0.15) is 24.8 Å². The Balaban J connectivity index is 1.65. The molecule has 0 aliphatic heterocycles. The molecule has 25 heavy (non-hydrogen) atoms. The number of ether oxygens (including phenoxy) is 1. The third-order valence-corrected chi connectivity index (χ3v) is 5.81. The zero-order valence-corrected chi connectivity index (χ0v) is 14.2. The van der Waals surface area contributed by atoms with Crippen molar-refractivity contribution < 1.29 is 4.74 Å². The Morgan fingerprint density at radius 3 is 2.84 bits per heavy atom. The molecule has 1 aromatic carbocycles. The highest BCUT2D eigenvalue weighted by Gasteiger charge is 2.59. The Hall–Kier alpha value is -2.63. The topological polar surface area (TPSA) is 80.0 Å². The Labute approximate surface area is 146 Å². The van der Waals surface area contributed by atoms with Crippen LogP contribution in [0, 0.1) is 16.7 Å². The lowest BCUT2D eigenvalue weighted by Gasteiger charge is -2.62. The number of nitrogens with zero attached hydrogens (tertiary/aromatic N) is 2. The second kappa shape index (κ2) is 6.02. The molecule has 2 N–H and O–H groups in total.